The van der Waals surface area contributed by atoms with Crippen molar-refractivity contribution in [1.29, 1.82) is 0 Å². The van der Waals surface area contributed by atoms with E-state index in [-0.39, 0.29) is 11.5 Å². The summed E-state index contributed by atoms with van der Waals surface area (Å²) in [4.78, 5) is 0. The van der Waals surface area contributed by atoms with E-state index in [4.69, 9.17) is 0 Å². The van der Waals surface area contributed by atoms with E-state index >= 15 is 0 Å². The summed E-state index contributed by atoms with van der Waals surface area (Å²) in [5, 5.41) is 11.0. The van der Waals surface area contributed by atoms with Crippen LogP contribution in [0.15, 0.2) is 0 Å². The molecule has 5 rings (SSSR count). The molecule has 31 heavy (non-hydrogen) atoms. The summed E-state index contributed by atoms with van der Waals surface area (Å²) in [5.41, 5.74) is 2.10. The first-order valence-electron chi connectivity index (χ1n) is 14.0. The maximum atomic E-state index is 11.0. The van der Waals surface area contributed by atoms with E-state index < -0.39 is 0 Å². The molecule has 1 N–H and O–H groups in total. The lowest BCUT2D eigenvalue weighted by atomic mass is 9.31. The van der Waals surface area contributed by atoms with Crippen LogP contribution in [0, 0.1) is 62.6 Å². The molecule has 5 aliphatic rings. The molecule has 0 aromatic rings. The van der Waals surface area contributed by atoms with Crippen molar-refractivity contribution in [3.05, 3.63) is 0 Å². The minimum absolute atomic E-state index is 0.0991. The van der Waals surface area contributed by atoms with Gasteiger partial charge in [0.05, 0.1) is 6.10 Å². The van der Waals surface area contributed by atoms with Crippen molar-refractivity contribution in [3.8, 4) is 0 Å². The third kappa shape index (κ3) is 2.83. The van der Waals surface area contributed by atoms with Gasteiger partial charge in [-0.1, -0.05) is 55.4 Å². The summed E-state index contributed by atoms with van der Waals surface area (Å²) in [6.07, 6.45) is 13.5. The summed E-state index contributed by atoms with van der Waals surface area (Å²) >= 11 is 0. The van der Waals surface area contributed by atoms with Gasteiger partial charge in [-0.2, -0.15) is 0 Å². The molecule has 1 nitrogen and oxygen atoms in total. The van der Waals surface area contributed by atoms with E-state index in [0.717, 1.165) is 48.3 Å². The van der Waals surface area contributed by atoms with Crippen LogP contribution in [0.3, 0.4) is 0 Å². The number of aliphatic hydroxyl groups is 1. The van der Waals surface area contributed by atoms with Gasteiger partial charge in [-0.25, -0.2) is 0 Å². The zero-order valence-electron chi connectivity index (χ0n) is 22.1. The Morgan fingerprint density at radius 2 is 1.39 bits per heavy atom. The number of hydrogen-bond acceptors (Lipinski definition) is 1. The molecule has 5 aliphatic carbocycles. The van der Waals surface area contributed by atoms with Crippen molar-refractivity contribution in [2.24, 2.45) is 62.6 Å². The van der Waals surface area contributed by atoms with Gasteiger partial charge in [0.25, 0.3) is 0 Å². The van der Waals surface area contributed by atoms with E-state index in [0.29, 0.717) is 21.7 Å². The second-order valence-corrected chi connectivity index (χ2v) is 15.3. The summed E-state index contributed by atoms with van der Waals surface area (Å²) in [5.74, 6) is 5.18. The number of rotatable bonds is 0. The molecule has 0 spiro atoms. The molecule has 0 aromatic heterocycles. The molecule has 0 radical (unpaired) electrons. The molecule has 0 saturated heterocycles. The van der Waals surface area contributed by atoms with Crippen LogP contribution in [0.5, 0.6) is 0 Å². The van der Waals surface area contributed by atoms with Crippen molar-refractivity contribution in [1.82, 2.24) is 0 Å². The molecular weight excluding hydrogens is 376 g/mol. The van der Waals surface area contributed by atoms with Gasteiger partial charge in [0.1, 0.15) is 0 Å². The van der Waals surface area contributed by atoms with E-state index in [9.17, 15) is 5.11 Å². The largest absolute Gasteiger partial charge is 0.393 e. The normalized spacial score (nSPS) is 60.9. The fourth-order valence-corrected chi connectivity index (χ4v) is 11.9. The Kier molecular flexibility index (Phi) is 4.96. The zero-order chi connectivity index (χ0) is 22.6. The van der Waals surface area contributed by atoms with E-state index in [1.807, 2.05) is 0 Å². The van der Waals surface area contributed by atoms with Gasteiger partial charge in [0.15, 0.2) is 0 Å². The fraction of sp³-hybridized carbons (Fsp3) is 1.00. The first-order chi connectivity index (χ1) is 14.3. The molecule has 0 bridgehead atoms. The molecule has 5 saturated carbocycles. The summed E-state index contributed by atoms with van der Waals surface area (Å²) in [6, 6.07) is 0. The smallest absolute Gasteiger partial charge is 0.0550 e. The van der Waals surface area contributed by atoms with Crippen molar-refractivity contribution < 1.29 is 5.11 Å². The van der Waals surface area contributed by atoms with Gasteiger partial charge in [-0.15, -0.1) is 0 Å². The second-order valence-electron chi connectivity index (χ2n) is 15.3. The predicted octanol–water partition coefficient (Wildman–Crippen LogP) is 8.10. The Hall–Kier alpha value is -0.0400. The highest BCUT2D eigenvalue weighted by Gasteiger charge is 2.69. The minimum atomic E-state index is -0.0991. The van der Waals surface area contributed by atoms with Crippen LogP contribution in [0.25, 0.3) is 0 Å². The first kappa shape index (κ1) is 22.7. The molecule has 11 atom stereocenters. The minimum Gasteiger partial charge on any atom is -0.393 e. The van der Waals surface area contributed by atoms with Crippen molar-refractivity contribution in [2.75, 3.05) is 0 Å². The van der Waals surface area contributed by atoms with Crippen LogP contribution < -0.4 is 0 Å². The van der Waals surface area contributed by atoms with Gasteiger partial charge in [-0.3, -0.25) is 0 Å². The monoisotopic (exact) mass is 428 g/mol. The van der Waals surface area contributed by atoms with Gasteiger partial charge in [-0.05, 0) is 127 Å². The maximum absolute atomic E-state index is 11.0. The van der Waals surface area contributed by atoms with Crippen LogP contribution in [-0.2, 0) is 0 Å². The third-order valence-electron chi connectivity index (χ3n) is 13.7. The Bertz CT molecular complexity index is 726. The van der Waals surface area contributed by atoms with E-state index in [1.54, 1.807) is 0 Å². The van der Waals surface area contributed by atoms with Crippen molar-refractivity contribution in [2.45, 2.75) is 126 Å². The number of hydrogen-bond donors (Lipinski definition) is 1. The Morgan fingerprint density at radius 3 is 2.10 bits per heavy atom. The van der Waals surface area contributed by atoms with Gasteiger partial charge in [0.2, 0.25) is 0 Å². The molecule has 178 valence electrons. The standard InChI is InChI=1S/C30H52O/c1-19-11-13-27(5)15-16-29(7)22(25(27)20(19)2)9-10-24-28(6)18-21(31)17-26(3,4)23(28)12-14-30(24,29)8/h19-25,31H,9-18H2,1-8H3/t19-,20+,21+,22-,23?,24-,25+,27-,28+,29-,30-/m1/s1. The van der Waals surface area contributed by atoms with Gasteiger partial charge >= 0.3 is 0 Å². The predicted molar refractivity (Wildman–Crippen MR) is 131 cm³/mol. The quantitative estimate of drug-likeness (QED) is 0.413. The maximum Gasteiger partial charge on any atom is 0.0550 e. The average Bonchev–Trinajstić information content (AvgIpc) is 2.65. The van der Waals surface area contributed by atoms with Crippen LogP contribution in [0.4, 0.5) is 0 Å². The van der Waals surface area contributed by atoms with Crippen LogP contribution >= 0.6 is 0 Å². The van der Waals surface area contributed by atoms with Crippen LogP contribution in [-0.4, -0.2) is 11.2 Å². The van der Waals surface area contributed by atoms with E-state index in [2.05, 4.69) is 55.4 Å². The summed E-state index contributed by atoms with van der Waals surface area (Å²) in [7, 11) is 0. The highest BCUT2D eigenvalue weighted by Crippen LogP contribution is 2.76. The molecule has 0 aromatic carbocycles. The van der Waals surface area contributed by atoms with E-state index in [1.165, 1.54) is 51.4 Å². The lowest BCUT2D eigenvalue weighted by molar-refractivity contribution is -0.254. The lowest BCUT2D eigenvalue weighted by Crippen LogP contribution is -2.67. The number of fused-ring (bicyclic) bond motifs is 7. The first-order valence-corrected chi connectivity index (χ1v) is 14.0. The molecule has 0 amide bonds. The van der Waals surface area contributed by atoms with Gasteiger partial charge in [0, 0.05) is 0 Å². The topological polar surface area (TPSA) is 20.2 Å². The Morgan fingerprint density at radius 1 is 0.677 bits per heavy atom. The summed E-state index contributed by atoms with van der Waals surface area (Å²) in [6.45, 7) is 20.9. The lowest BCUT2D eigenvalue weighted by Gasteiger charge is -2.74. The highest BCUT2D eigenvalue weighted by atomic mass is 16.3. The third-order valence-corrected chi connectivity index (χ3v) is 13.7. The van der Waals surface area contributed by atoms with Gasteiger partial charge < -0.3 is 5.11 Å². The zero-order valence-corrected chi connectivity index (χ0v) is 22.1. The second kappa shape index (κ2) is 6.76. The van der Waals surface area contributed by atoms with Crippen molar-refractivity contribution >= 4 is 0 Å². The highest BCUT2D eigenvalue weighted by molar-refractivity contribution is 5.18. The Labute approximate surface area is 193 Å². The molecule has 5 fully saturated rings. The number of aliphatic hydroxyl groups excluding tert-OH is 1. The molecule has 0 aliphatic heterocycles. The molecule has 1 unspecified atom stereocenters. The summed E-state index contributed by atoms with van der Waals surface area (Å²) < 4.78 is 0. The van der Waals surface area contributed by atoms with Crippen molar-refractivity contribution in [3.63, 3.8) is 0 Å². The van der Waals surface area contributed by atoms with Crippen LogP contribution in [0.1, 0.15) is 120 Å². The SMILES string of the molecule is C[C@@H]1[C@H]2[C@H]3CC[C@@H]4[C@@]5(C)C[C@@H](O)CC(C)(C)C5CC[C@@]4(C)[C@]3(C)CC[C@@]2(C)CC[C@H]1C. The Balaban J connectivity index is 1.55. The van der Waals surface area contributed by atoms with Crippen LogP contribution in [0.2, 0.25) is 0 Å². The molecule has 1 heteroatoms. The fourth-order valence-electron chi connectivity index (χ4n) is 11.9. The molecule has 0 heterocycles. The average molecular weight is 429 g/mol. The molecular formula is C30H52O.